The number of rotatable bonds is 3. The lowest BCUT2D eigenvalue weighted by molar-refractivity contribution is -0.127. The number of carbonyl (C=O) groups excluding carboxylic acids is 2. The number of anilines is 1. The first-order valence-electron chi connectivity index (χ1n) is 10.3. The smallest absolute Gasteiger partial charge is 0.227 e. The summed E-state index contributed by atoms with van der Waals surface area (Å²) in [5.41, 5.74) is 3.58. The highest BCUT2D eigenvalue weighted by Gasteiger charge is 2.37. The van der Waals surface area contributed by atoms with E-state index in [0.29, 0.717) is 18.4 Å². The first-order valence-corrected chi connectivity index (χ1v) is 10.3. The molecule has 2 aliphatic rings. The predicted octanol–water partition coefficient (Wildman–Crippen LogP) is 4.38. The predicted molar refractivity (Wildman–Crippen MR) is 110 cm³/mol. The van der Waals surface area contributed by atoms with E-state index < -0.39 is 0 Å². The van der Waals surface area contributed by atoms with Crippen molar-refractivity contribution in [3.05, 3.63) is 29.3 Å². The Morgan fingerprint density at radius 3 is 2.41 bits per heavy atom. The maximum Gasteiger partial charge on any atom is 0.227 e. The van der Waals surface area contributed by atoms with Crippen LogP contribution in [-0.2, 0) is 9.59 Å². The summed E-state index contributed by atoms with van der Waals surface area (Å²) in [5, 5.41) is 3.23. The van der Waals surface area contributed by atoms with Crippen molar-refractivity contribution in [1.82, 2.24) is 5.32 Å². The average Bonchev–Trinajstić information content (AvgIpc) is 2.99. The van der Waals surface area contributed by atoms with Gasteiger partial charge in [-0.25, -0.2) is 0 Å². The molecule has 1 atom stereocenters. The molecule has 0 unspecified atom stereocenters. The van der Waals surface area contributed by atoms with E-state index in [9.17, 15) is 9.59 Å². The fourth-order valence-electron chi connectivity index (χ4n) is 4.57. The lowest BCUT2D eigenvalue weighted by atomic mass is 9.71. The van der Waals surface area contributed by atoms with Gasteiger partial charge in [-0.1, -0.05) is 32.9 Å². The molecule has 1 aliphatic carbocycles. The molecule has 1 aromatic rings. The molecule has 1 aromatic carbocycles. The highest BCUT2D eigenvalue weighted by Crippen LogP contribution is 2.38. The summed E-state index contributed by atoms with van der Waals surface area (Å²) in [6, 6.07) is 6.28. The van der Waals surface area contributed by atoms with Crippen LogP contribution in [0.2, 0.25) is 0 Å². The van der Waals surface area contributed by atoms with Crippen LogP contribution < -0.4 is 10.2 Å². The van der Waals surface area contributed by atoms with Crippen LogP contribution in [0.15, 0.2) is 18.2 Å². The Morgan fingerprint density at radius 2 is 1.78 bits per heavy atom. The van der Waals surface area contributed by atoms with Crippen LogP contribution in [0.1, 0.15) is 64.0 Å². The van der Waals surface area contributed by atoms with Crippen molar-refractivity contribution < 1.29 is 9.59 Å². The number of aryl methyl sites for hydroxylation is 1. The number of hydrogen-bond acceptors (Lipinski definition) is 2. The van der Waals surface area contributed by atoms with Crippen LogP contribution in [0.25, 0.3) is 0 Å². The second-order valence-electron chi connectivity index (χ2n) is 9.55. The summed E-state index contributed by atoms with van der Waals surface area (Å²) >= 11 is 0. The zero-order valence-electron chi connectivity index (χ0n) is 17.5. The van der Waals surface area contributed by atoms with Gasteiger partial charge in [0.05, 0.1) is 5.92 Å². The van der Waals surface area contributed by atoms with Crippen LogP contribution in [0.5, 0.6) is 0 Å². The van der Waals surface area contributed by atoms with Crippen LogP contribution >= 0.6 is 0 Å². The lowest BCUT2D eigenvalue weighted by Crippen LogP contribution is -2.42. The van der Waals surface area contributed by atoms with Crippen molar-refractivity contribution in [3.8, 4) is 0 Å². The average molecular weight is 371 g/mol. The molecule has 1 N–H and O–H groups in total. The van der Waals surface area contributed by atoms with Crippen LogP contribution in [0.3, 0.4) is 0 Å². The third kappa shape index (κ3) is 4.36. The fraction of sp³-hybridized carbons (Fsp3) is 0.652. The van der Waals surface area contributed by atoms with Gasteiger partial charge in [0.2, 0.25) is 11.8 Å². The van der Waals surface area contributed by atoms with Crippen molar-refractivity contribution in [2.45, 2.75) is 72.8 Å². The van der Waals surface area contributed by atoms with Crippen molar-refractivity contribution >= 4 is 17.5 Å². The Kier molecular flexibility index (Phi) is 5.64. The van der Waals surface area contributed by atoms with Crippen molar-refractivity contribution in [1.29, 1.82) is 0 Å². The minimum absolute atomic E-state index is 0.0513. The second kappa shape index (κ2) is 7.65. The molecule has 0 aromatic heterocycles. The van der Waals surface area contributed by atoms with E-state index in [1.807, 2.05) is 19.1 Å². The van der Waals surface area contributed by atoms with Crippen molar-refractivity contribution in [3.63, 3.8) is 0 Å². The Labute approximate surface area is 163 Å². The van der Waals surface area contributed by atoms with Crippen molar-refractivity contribution in [2.24, 2.45) is 17.3 Å². The van der Waals surface area contributed by atoms with Gasteiger partial charge in [-0.2, -0.15) is 0 Å². The second-order valence-corrected chi connectivity index (χ2v) is 9.55. The normalized spacial score (nSPS) is 26.3. The molecule has 4 heteroatoms. The van der Waals surface area contributed by atoms with E-state index in [2.05, 4.69) is 39.1 Å². The van der Waals surface area contributed by atoms with Crippen LogP contribution in [-0.4, -0.2) is 24.4 Å². The number of benzene rings is 1. The van der Waals surface area contributed by atoms with E-state index in [-0.39, 0.29) is 23.8 Å². The van der Waals surface area contributed by atoms with Gasteiger partial charge in [0.1, 0.15) is 0 Å². The summed E-state index contributed by atoms with van der Waals surface area (Å²) < 4.78 is 0. The lowest BCUT2D eigenvalue weighted by Gasteiger charge is -2.37. The highest BCUT2D eigenvalue weighted by atomic mass is 16.2. The van der Waals surface area contributed by atoms with Gasteiger partial charge in [-0.3, -0.25) is 9.59 Å². The summed E-state index contributed by atoms with van der Waals surface area (Å²) in [5.74, 6) is 0.604. The molecule has 2 fully saturated rings. The first-order chi connectivity index (χ1) is 12.7. The maximum absolute atomic E-state index is 12.8. The summed E-state index contributed by atoms with van der Waals surface area (Å²) in [6.07, 6.45) is 4.76. The molecule has 148 valence electrons. The largest absolute Gasteiger partial charge is 0.353 e. The number of nitrogens with one attached hydrogen (secondary N) is 1. The molecule has 3 rings (SSSR count). The molecule has 0 radical (unpaired) electrons. The van der Waals surface area contributed by atoms with E-state index >= 15 is 0 Å². The van der Waals surface area contributed by atoms with Crippen LogP contribution in [0.4, 0.5) is 5.69 Å². The van der Waals surface area contributed by atoms with E-state index in [4.69, 9.17) is 0 Å². The number of nitrogens with zero attached hydrogens (tertiary/aromatic N) is 1. The molecule has 1 aliphatic heterocycles. The minimum atomic E-state index is -0.238. The Bertz CT molecular complexity index is 712. The minimum Gasteiger partial charge on any atom is -0.353 e. The fourth-order valence-corrected chi connectivity index (χ4v) is 4.57. The quantitative estimate of drug-likeness (QED) is 0.858. The van der Waals surface area contributed by atoms with Gasteiger partial charge in [0.15, 0.2) is 0 Å². The molecule has 0 bridgehead atoms. The maximum atomic E-state index is 12.8. The Morgan fingerprint density at radius 1 is 1.11 bits per heavy atom. The van der Waals surface area contributed by atoms with Crippen LogP contribution in [0, 0.1) is 31.1 Å². The third-order valence-corrected chi connectivity index (χ3v) is 6.66. The number of carbonyl (C=O) groups is 2. The molecule has 4 nitrogen and oxygen atoms in total. The topological polar surface area (TPSA) is 49.4 Å². The van der Waals surface area contributed by atoms with Gasteiger partial charge >= 0.3 is 0 Å². The first kappa shape index (κ1) is 19.9. The third-order valence-electron chi connectivity index (χ3n) is 6.66. The van der Waals surface area contributed by atoms with E-state index in [1.165, 1.54) is 18.4 Å². The summed E-state index contributed by atoms with van der Waals surface area (Å²) in [7, 11) is 0. The van der Waals surface area contributed by atoms with Gasteiger partial charge in [-0.05, 0) is 68.1 Å². The molecule has 27 heavy (non-hydrogen) atoms. The summed E-state index contributed by atoms with van der Waals surface area (Å²) in [6.45, 7) is 11.5. The molecule has 2 amide bonds. The number of hydrogen-bond donors (Lipinski definition) is 1. The highest BCUT2D eigenvalue weighted by molar-refractivity contribution is 6.01. The Hall–Kier alpha value is -1.84. The SMILES string of the molecule is Cc1cccc(N2C[C@@H](C(=O)NC3CCC(C(C)(C)C)CC3)CC2=O)c1C. The van der Waals surface area contributed by atoms with Gasteiger partial charge in [0.25, 0.3) is 0 Å². The molecule has 1 heterocycles. The molecule has 0 spiro atoms. The standard InChI is InChI=1S/C23H34N2O2/c1-15-7-6-8-20(16(15)2)25-14-17(13-21(25)26)22(27)24-19-11-9-18(10-12-19)23(3,4)5/h6-8,17-19H,9-14H2,1-5H3,(H,24,27)/t17-,18?,19?/m0/s1. The number of amides is 2. The molecular weight excluding hydrogens is 336 g/mol. The molecule has 1 saturated carbocycles. The summed E-state index contributed by atoms with van der Waals surface area (Å²) in [4.78, 5) is 27.1. The Balaban J connectivity index is 1.58. The van der Waals surface area contributed by atoms with E-state index in [1.54, 1.807) is 4.90 Å². The monoisotopic (exact) mass is 370 g/mol. The molecular formula is C23H34N2O2. The van der Waals surface area contributed by atoms with Crippen molar-refractivity contribution in [2.75, 3.05) is 11.4 Å². The van der Waals surface area contributed by atoms with E-state index in [0.717, 1.165) is 30.0 Å². The van der Waals surface area contributed by atoms with Gasteiger partial charge in [-0.15, -0.1) is 0 Å². The van der Waals surface area contributed by atoms with Gasteiger partial charge < -0.3 is 10.2 Å². The van der Waals surface area contributed by atoms with Gasteiger partial charge in [0, 0.05) is 24.7 Å². The molecule has 1 saturated heterocycles. The zero-order chi connectivity index (χ0) is 19.8. The zero-order valence-corrected chi connectivity index (χ0v) is 17.5.